The zero-order valence-electron chi connectivity index (χ0n) is 12.8. The van der Waals surface area contributed by atoms with Crippen molar-refractivity contribution in [3.63, 3.8) is 0 Å². The van der Waals surface area contributed by atoms with Crippen LogP contribution in [0.4, 0.5) is 0 Å². The lowest BCUT2D eigenvalue weighted by Crippen LogP contribution is -2.38. The van der Waals surface area contributed by atoms with Gasteiger partial charge in [-0.15, -0.1) is 0 Å². The SMILES string of the molecule is CC(C)CN(CC(=O)O)C(=O)c1cc(-c2ccc(Cl)cc2)on1. The fourth-order valence-corrected chi connectivity index (χ4v) is 2.24. The van der Waals surface area contributed by atoms with Gasteiger partial charge in [-0.25, -0.2) is 0 Å². The van der Waals surface area contributed by atoms with Crippen LogP contribution in [0.25, 0.3) is 11.3 Å². The van der Waals surface area contributed by atoms with Crippen LogP contribution in [0.5, 0.6) is 0 Å². The third-order valence-electron chi connectivity index (χ3n) is 3.06. The van der Waals surface area contributed by atoms with Gasteiger partial charge in [0.25, 0.3) is 5.91 Å². The number of aromatic nitrogens is 1. The Morgan fingerprint density at radius 3 is 2.52 bits per heavy atom. The maximum atomic E-state index is 12.4. The highest BCUT2D eigenvalue weighted by molar-refractivity contribution is 6.30. The summed E-state index contributed by atoms with van der Waals surface area (Å²) in [6.45, 7) is 3.77. The molecule has 0 bridgehead atoms. The summed E-state index contributed by atoms with van der Waals surface area (Å²) >= 11 is 5.83. The van der Waals surface area contributed by atoms with Crippen LogP contribution in [0.15, 0.2) is 34.9 Å². The van der Waals surface area contributed by atoms with Crippen LogP contribution in [0.1, 0.15) is 24.3 Å². The fraction of sp³-hybridized carbons (Fsp3) is 0.312. The largest absolute Gasteiger partial charge is 0.480 e. The lowest BCUT2D eigenvalue weighted by molar-refractivity contribution is -0.137. The molecule has 0 aliphatic heterocycles. The average molecular weight is 337 g/mol. The standard InChI is InChI=1S/C16H17ClN2O4/c1-10(2)8-19(9-15(20)21)16(22)13-7-14(23-18-13)11-3-5-12(17)6-4-11/h3-7,10H,8-9H2,1-2H3,(H,20,21). The number of amides is 1. The van der Waals surface area contributed by atoms with Crippen molar-refractivity contribution in [3.8, 4) is 11.3 Å². The zero-order chi connectivity index (χ0) is 17.0. The summed E-state index contributed by atoms with van der Waals surface area (Å²) < 4.78 is 5.18. The van der Waals surface area contributed by atoms with E-state index in [-0.39, 0.29) is 18.2 Å². The molecular weight excluding hydrogens is 320 g/mol. The van der Waals surface area contributed by atoms with Gasteiger partial charge >= 0.3 is 5.97 Å². The van der Waals surface area contributed by atoms with Crippen molar-refractivity contribution in [1.29, 1.82) is 0 Å². The maximum absolute atomic E-state index is 12.4. The van der Waals surface area contributed by atoms with Gasteiger partial charge in [-0.2, -0.15) is 0 Å². The van der Waals surface area contributed by atoms with Crippen LogP contribution in [0.2, 0.25) is 5.02 Å². The van der Waals surface area contributed by atoms with Gasteiger partial charge in [0.1, 0.15) is 6.54 Å². The van der Waals surface area contributed by atoms with Gasteiger partial charge in [0, 0.05) is 23.2 Å². The van der Waals surface area contributed by atoms with Crippen LogP contribution < -0.4 is 0 Å². The van der Waals surface area contributed by atoms with Gasteiger partial charge in [0.05, 0.1) is 0 Å². The summed E-state index contributed by atoms with van der Waals surface area (Å²) in [6.07, 6.45) is 0. The molecular formula is C16H17ClN2O4. The molecule has 0 atom stereocenters. The monoisotopic (exact) mass is 336 g/mol. The second kappa shape index (κ2) is 7.28. The van der Waals surface area contributed by atoms with E-state index in [0.29, 0.717) is 17.3 Å². The van der Waals surface area contributed by atoms with E-state index in [0.717, 1.165) is 5.56 Å². The number of hydrogen-bond acceptors (Lipinski definition) is 4. The molecule has 6 nitrogen and oxygen atoms in total. The van der Waals surface area contributed by atoms with Gasteiger partial charge in [0.15, 0.2) is 11.5 Å². The van der Waals surface area contributed by atoms with Crippen molar-refractivity contribution < 1.29 is 19.2 Å². The molecule has 1 heterocycles. The molecule has 2 rings (SSSR count). The average Bonchev–Trinajstić information content (AvgIpc) is 2.95. The minimum Gasteiger partial charge on any atom is -0.480 e. The van der Waals surface area contributed by atoms with Gasteiger partial charge in [-0.1, -0.05) is 30.6 Å². The van der Waals surface area contributed by atoms with E-state index < -0.39 is 11.9 Å². The van der Waals surface area contributed by atoms with E-state index in [4.69, 9.17) is 21.2 Å². The molecule has 2 aromatic rings. The predicted octanol–water partition coefficient (Wildman–Crippen LogP) is 3.18. The molecule has 122 valence electrons. The number of carboxylic acid groups (broad SMARTS) is 1. The highest BCUT2D eigenvalue weighted by Crippen LogP contribution is 2.23. The summed E-state index contributed by atoms with van der Waals surface area (Å²) in [4.78, 5) is 24.6. The third kappa shape index (κ3) is 4.56. The number of halogens is 1. The highest BCUT2D eigenvalue weighted by Gasteiger charge is 2.23. The number of hydrogen-bond donors (Lipinski definition) is 1. The van der Waals surface area contributed by atoms with E-state index in [1.54, 1.807) is 24.3 Å². The number of carbonyl (C=O) groups is 2. The van der Waals surface area contributed by atoms with Crippen molar-refractivity contribution in [3.05, 3.63) is 41.0 Å². The van der Waals surface area contributed by atoms with Crippen LogP contribution in [0, 0.1) is 5.92 Å². The van der Waals surface area contributed by atoms with E-state index in [1.807, 2.05) is 13.8 Å². The van der Waals surface area contributed by atoms with Gasteiger partial charge < -0.3 is 14.5 Å². The molecule has 0 aliphatic carbocycles. The molecule has 1 aromatic heterocycles. The van der Waals surface area contributed by atoms with Crippen LogP contribution in [0.3, 0.4) is 0 Å². The topological polar surface area (TPSA) is 83.6 Å². The van der Waals surface area contributed by atoms with Crippen molar-refractivity contribution in [1.82, 2.24) is 10.1 Å². The number of benzene rings is 1. The smallest absolute Gasteiger partial charge is 0.323 e. The van der Waals surface area contributed by atoms with Crippen LogP contribution in [-0.2, 0) is 4.79 Å². The van der Waals surface area contributed by atoms with Crippen LogP contribution >= 0.6 is 11.6 Å². The molecule has 0 saturated heterocycles. The minimum absolute atomic E-state index is 0.0804. The molecule has 0 aliphatic rings. The van der Waals surface area contributed by atoms with Gasteiger partial charge in [0.2, 0.25) is 0 Å². The van der Waals surface area contributed by atoms with Crippen LogP contribution in [-0.4, -0.2) is 40.1 Å². The summed E-state index contributed by atoms with van der Waals surface area (Å²) in [6, 6.07) is 8.41. The van der Waals surface area contributed by atoms with Gasteiger partial charge in [-0.05, 0) is 30.2 Å². The number of carbonyl (C=O) groups excluding carboxylic acids is 1. The first-order chi connectivity index (χ1) is 10.9. The summed E-state index contributed by atoms with van der Waals surface area (Å²) in [7, 11) is 0. The molecule has 1 N–H and O–H groups in total. The Morgan fingerprint density at radius 1 is 1.30 bits per heavy atom. The lowest BCUT2D eigenvalue weighted by atomic mass is 10.1. The third-order valence-corrected chi connectivity index (χ3v) is 3.31. The molecule has 0 radical (unpaired) electrons. The van der Waals surface area contributed by atoms with Crippen molar-refractivity contribution in [2.24, 2.45) is 5.92 Å². The molecule has 23 heavy (non-hydrogen) atoms. The van der Waals surface area contributed by atoms with E-state index in [2.05, 4.69) is 5.16 Å². The number of nitrogens with zero attached hydrogens (tertiary/aromatic N) is 2. The number of carboxylic acids is 1. The second-order valence-electron chi connectivity index (χ2n) is 5.56. The van der Waals surface area contributed by atoms with E-state index >= 15 is 0 Å². The second-order valence-corrected chi connectivity index (χ2v) is 5.99. The Hall–Kier alpha value is -2.34. The van der Waals surface area contributed by atoms with E-state index in [9.17, 15) is 9.59 Å². The number of rotatable bonds is 6. The van der Waals surface area contributed by atoms with Gasteiger partial charge in [-0.3, -0.25) is 9.59 Å². The predicted molar refractivity (Wildman–Crippen MR) is 85.3 cm³/mol. The maximum Gasteiger partial charge on any atom is 0.323 e. The summed E-state index contributed by atoms with van der Waals surface area (Å²) in [5, 5.41) is 13.3. The molecule has 1 aromatic carbocycles. The van der Waals surface area contributed by atoms with Crippen molar-refractivity contribution in [2.45, 2.75) is 13.8 Å². The Labute approximate surface area is 138 Å². The molecule has 7 heteroatoms. The molecule has 1 amide bonds. The first kappa shape index (κ1) is 17.0. The molecule has 0 unspecified atom stereocenters. The van der Waals surface area contributed by atoms with Crippen molar-refractivity contribution >= 4 is 23.5 Å². The molecule has 0 fully saturated rings. The van der Waals surface area contributed by atoms with E-state index in [1.165, 1.54) is 11.0 Å². The van der Waals surface area contributed by atoms with Crippen molar-refractivity contribution in [2.75, 3.05) is 13.1 Å². The lowest BCUT2D eigenvalue weighted by Gasteiger charge is -2.21. The summed E-state index contributed by atoms with van der Waals surface area (Å²) in [5.74, 6) is -0.976. The zero-order valence-corrected chi connectivity index (χ0v) is 13.6. The number of aliphatic carboxylic acids is 1. The minimum atomic E-state index is -1.07. The summed E-state index contributed by atoms with van der Waals surface area (Å²) in [5.41, 5.74) is 0.812. The molecule has 0 saturated carbocycles. The first-order valence-electron chi connectivity index (χ1n) is 7.10. The normalized spacial score (nSPS) is 10.8. The quantitative estimate of drug-likeness (QED) is 0.875. The molecule has 0 spiro atoms. The fourth-order valence-electron chi connectivity index (χ4n) is 2.11. The Morgan fingerprint density at radius 2 is 1.96 bits per heavy atom. The Balaban J connectivity index is 2.21. The first-order valence-corrected chi connectivity index (χ1v) is 7.48. The Kier molecular flexibility index (Phi) is 5.39. The highest BCUT2D eigenvalue weighted by atomic mass is 35.5. The Bertz CT molecular complexity index is 694.